The molecule has 2 amide bonds. The van der Waals surface area contributed by atoms with Crippen LogP contribution in [0, 0.1) is 6.92 Å². The number of aldehydes is 1. The molecule has 0 bridgehead atoms. The van der Waals surface area contributed by atoms with Gasteiger partial charge in [0.05, 0.1) is 42.4 Å². The summed E-state index contributed by atoms with van der Waals surface area (Å²) in [6, 6.07) is 13.4. The Bertz CT molecular complexity index is 1430. The quantitative estimate of drug-likeness (QED) is 0.146. The molecular formula is C38H55F3N4O6. The number of carbonyl (C=O) groups is 3. The Labute approximate surface area is 300 Å². The third kappa shape index (κ3) is 19.6. The first-order valence-electron chi connectivity index (χ1n) is 16.2. The van der Waals surface area contributed by atoms with E-state index in [1.807, 2.05) is 65.0 Å². The van der Waals surface area contributed by atoms with Gasteiger partial charge in [-0.15, -0.1) is 0 Å². The second-order valence-corrected chi connectivity index (χ2v) is 12.8. The Morgan fingerprint density at radius 1 is 1.00 bits per heavy atom. The highest BCUT2D eigenvalue weighted by atomic mass is 19.4. The van der Waals surface area contributed by atoms with Gasteiger partial charge in [-0.2, -0.15) is 13.2 Å². The molecule has 10 nitrogen and oxygen atoms in total. The zero-order valence-corrected chi connectivity index (χ0v) is 31.5. The van der Waals surface area contributed by atoms with Crippen LogP contribution in [0.2, 0.25) is 0 Å². The van der Waals surface area contributed by atoms with Gasteiger partial charge >= 0.3 is 6.18 Å². The van der Waals surface area contributed by atoms with Crippen molar-refractivity contribution in [3.05, 3.63) is 102 Å². The Morgan fingerprint density at radius 2 is 1.55 bits per heavy atom. The van der Waals surface area contributed by atoms with Gasteiger partial charge in [0.15, 0.2) is 0 Å². The van der Waals surface area contributed by atoms with Gasteiger partial charge in [0.25, 0.3) is 0 Å². The van der Waals surface area contributed by atoms with Crippen LogP contribution < -0.4 is 10.6 Å². The van der Waals surface area contributed by atoms with Crippen LogP contribution in [-0.4, -0.2) is 72.8 Å². The minimum absolute atomic E-state index is 0.0417. The largest absolute Gasteiger partial charge is 0.416 e. The number of ether oxygens (including phenoxy) is 3. The molecule has 0 fully saturated rings. The molecule has 3 aromatic rings. The molecule has 2 N–H and O–H groups in total. The van der Waals surface area contributed by atoms with Crippen LogP contribution in [0.15, 0.2) is 79.3 Å². The Morgan fingerprint density at radius 3 is 1.94 bits per heavy atom. The maximum atomic E-state index is 12.4. The van der Waals surface area contributed by atoms with E-state index in [2.05, 4.69) is 26.9 Å². The SMILES string of the molecule is C=C(C)C(COCc1ccccc1)NC(=O)C(C)(C)NC=O.CCOC.COC(C)(C)C.Cc1cn(C(C=O)c2ccc(C(F)(F)F)cc2)cn1. The number of benzene rings is 2. The van der Waals surface area contributed by atoms with Crippen LogP contribution in [0.3, 0.4) is 0 Å². The Hall–Kier alpha value is -4.33. The number of nitrogens with zero attached hydrogens (tertiary/aromatic N) is 2. The number of aryl methyl sites for hydroxylation is 1. The summed E-state index contributed by atoms with van der Waals surface area (Å²) in [6.45, 7) is 20.4. The van der Waals surface area contributed by atoms with Gasteiger partial charge in [-0.25, -0.2) is 4.98 Å². The average molecular weight is 721 g/mol. The number of halogens is 3. The first kappa shape index (κ1) is 46.7. The smallest absolute Gasteiger partial charge is 0.385 e. The molecule has 2 atom stereocenters. The lowest BCUT2D eigenvalue weighted by Gasteiger charge is -2.27. The van der Waals surface area contributed by atoms with Crippen LogP contribution >= 0.6 is 0 Å². The van der Waals surface area contributed by atoms with Gasteiger partial charge in [0, 0.05) is 27.0 Å². The number of rotatable bonds is 13. The van der Waals surface area contributed by atoms with Gasteiger partial charge in [0.2, 0.25) is 12.3 Å². The highest BCUT2D eigenvalue weighted by molar-refractivity contribution is 5.87. The molecule has 2 aromatic carbocycles. The lowest BCUT2D eigenvalue weighted by molar-refractivity contribution is -0.137. The van der Waals surface area contributed by atoms with Gasteiger partial charge in [0.1, 0.15) is 17.9 Å². The van der Waals surface area contributed by atoms with Crippen molar-refractivity contribution in [3.8, 4) is 0 Å². The molecule has 0 aliphatic rings. The van der Waals surface area contributed by atoms with E-state index in [1.165, 1.54) is 18.5 Å². The summed E-state index contributed by atoms with van der Waals surface area (Å²) in [5.74, 6) is -0.282. The van der Waals surface area contributed by atoms with E-state index >= 15 is 0 Å². The molecule has 0 aliphatic heterocycles. The third-order valence-corrected chi connectivity index (χ3v) is 6.94. The van der Waals surface area contributed by atoms with E-state index in [1.54, 1.807) is 45.8 Å². The van der Waals surface area contributed by atoms with Crippen LogP contribution in [0.25, 0.3) is 0 Å². The minimum Gasteiger partial charge on any atom is -0.385 e. The summed E-state index contributed by atoms with van der Waals surface area (Å²) < 4.78 is 54.0. The number of nitrogens with one attached hydrogen (secondary N) is 2. The predicted octanol–water partition coefficient (Wildman–Crippen LogP) is 6.87. The number of amides is 2. The molecule has 1 aromatic heterocycles. The van der Waals surface area contributed by atoms with Crippen molar-refractivity contribution < 1.29 is 41.8 Å². The molecule has 1 heterocycles. The molecule has 284 valence electrons. The maximum absolute atomic E-state index is 12.4. The first-order chi connectivity index (χ1) is 23.8. The normalized spacial score (nSPS) is 12.3. The van der Waals surface area contributed by atoms with Crippen molar-refractivity contribution in [2.45, 2.75) is 91.4 Å². The van der Waals surface area contributed by atoms with Crippen LogP contribution in [-0.2, 0) is 41.4 Å². The lowest BCUT2D eigenvalue weighted by Crippen LogP contribution is -2.55. The summed E-state index contributed by atoms with van der Waals surface area (Å²) >= 11 is 0. The molecule has 0 spiro atoms. The highest BCUT2D eigenvalue weighted by Crippen LogP contribution is 2.30. The van der Waals surface area contributed by atoms with E-state index in [0.29, 0.717) is 31.5 Å². The van der Waals surface area contributed by atoms with Crippen molar-refractivity contribution in [3.63, 3.8) is 0 Å². The molecular weight excluding hydrogens is 665 g/mol. The second kappa shape index (κ2) is 23.2. The predicted molar refractivity (Wildman–Crippen MR) is 193 cm³/mol. The zero-order chi connectivity index (χ0) is 39.3. The summed E-state index contributed by atoms with van der Waals surface area (Å²) in [5, 5.41) is 5.33. The number of alkyl halides is 3. The third-order valence-electron chi connectivity index (χ3n) is 6.94. The fourth-order valence-corrected chi connectivity index (χ4v) is 3.51. The topological polar surface area (TPSA) is 121 Å². The summed E-state index contributed by atoms with van der Waals surface area (Å²) in [6.07, 6.45) is -0.0470. The molecule has 13 heteroatoms. The Balaban J connectivity index is 0.000000779. The van der Waals surface area contributed by atoms with Gasteiger partial charge in [-0.05, 0) is 78.6 Å². The first-order valence-corrected chi connectivity index (χ1v) is 16.2. The molecule has 0 radical (unpaired) electrons. The van der Waals surface area contributed by atoms with Crippen molar-refractivity contribution >= 4 is 18.6 Å². The van der Waals surface area contributed by atoms with Crippen LogP contribution in [0.4, 0.5) is 13.2 Å². The average Bonchev–Trinajstić information content (AvgIpc) is 3.50. The molecule has 0 aliphatic carbocycles. The minimum atomic E-state index is -4.37. The number of methoxy groups -OCH3 is 2. The van der Waals surface area contributed by atoms with E-state index in [9.17, 15) is 27.6 Å². The fourth-order valence-electron chi connectivity index (χ4n) is 3.51. The summed E-state index contributed by atoms with van der Waals surface area (Å²) in [7, 11) is 3.39. The van der Waals surface area contributed by atoms with Crippen molar-refractivity contribution in [1.82, 2.24) is 20.2 Å². The fraction of sp³-hybridized carbons (Fsp3) is 0.474. The molecule has 2 unspecified atom stereocenters. The monoisotopic (exact) mass is 720 g/mol. The van der Waals surface area contributed by atoms with Crippen molar-refractivity contribution in [2.24, 2.45) is 0 Å². The standard InChI is InChI=1S/C17H24N2O3.C13H11F3N2O.C5H12O.C3H8O/c1-13(2)15(19-16(21)17(3,4)18-12-20)11-22-10-14-8-6-5-7-9-14;1-9-6-18(8-17-9)12(7-19)10-2-4-11(5-3-10)13(14,15)16;1-5(2,3)6-4;1-3-4-2/h5-9,12,15H,1,10-11H2,2-4H3,(H,18,20)(H,19,21);2-8,12H,1H3;1-4H3;3H2,1-2H3. The molecule has 0 saturated carbocycles. The molecule has 0 saturated heterocycles. The second-order valence-electron chi connectivity index (χ2n) is 12.8. The maximum Gasteiger partial charge on any atom is 0.416 e. The van der Waals surface area contributed by atoms with Gasteiger partial charge < -0.3 is 34.2 Å². The number of hydrogen-bond acceptors (Lipinski definition) is 7. The number of hydrogen-bond donors (Lipinski definition) is 2. The van der Waals surface area contributed by atoms with Crippen molar-refractivity contribution in [1.29, 1.82) is 0 Å². The van der Waals surface area contributed by atoms with E-state index in [-0.39, 0.29) is 17.6 Å². The summed E-state index contributed by atoms with van der Waals surface area (Å²) in [4.78, 5) is 37.8. The number of aromatic nitrogens is 2. The number of imidazole rings is 1. The highest BCUT2D eigenvalue weighted by Gasteiger charge is 2.30. The molecule has 51 heavy (non-hydrogen) atoms. The van der Waals surface area contributed by atoms with Gasteiger partial charge in [-0.3, -0.25) is 9.59 Å². The summed E-state index contributed by atoms with van der Waals surface area (Å²) in [5.41, 5.74) is 1.41. The van der Waals surface area contributed by atoms with Crippen LogP contribution in [0.1, 0.15) is 76.9 Å². The zero-order valence-electron chi connectivity index (χ0n) is 31.5. The molecule has 3 rings (SSSR count). The number of carbonyl (C=O) groups excluding carboxylic acids is 3. The Kier molecular flexibility index (Phi) is 21.2. The van der Waals surface area contributed by atoms with Gasteiger partial charge in [-0.1, -0.05) is 54.6 Å². The van der Waals surface area contributed by atoms with E-state index < -0.39 is 23.3 Å². The van der Waals surface area contributed by atoms with E-state index in [0.717, 1.165) is 35.6 Å². The van der Waals surface area contributed by atoms with Crippen LogP contribution in [0.5, 0.6) is 0 Å². The van der Waals surface area contributed by atoms with E-state index in [4.69, 9.17) is 9.47 Å². The van der Waals surface area contributed by atoms with Crippen molar-refractivity contribution in [2.75, 3.05) is 27.4 Å². The lowest BCUT2D eigenvalue weighted by atomic mass is 10.0.